The van der Waals surface area contributed by atoms with Gasteiger partial charge in [-0.2, -0.15) is 0 Å². The van der Waals surface area contributed by atoms with Gasteiger partial charge in [0.25, 0.3) is 10.0 Å². The van der Waals surface area contributed by atoms with Gasteiger partial charge in [-0.25, -0.2) is 8.42 Å². The van der Waals surface area contributed by atoms with E-state index in [-0.39, 0.29) is 10.8 Å². The van der Waals surface area contributed by atoms with E-state index in [0.717, 1.165) is 0 Å². The molecule has 25 heavy (non-hydrogen) atoms. The summed E-state index contributed by atoms with van der Waals surface area (Å²) in [5.74, 6) is 0.214. The molecule has 0 bridgehead atoms. The molecule has 0 aliphatic heterocycles. The Morgan fingerprint density at radius 1 is 1.16 bits per heavy atom. The molecule has 2 rings (SSSR count). The van der Waals surface area contributed by atoms with Crippen LogP contribution in [0.1, 0.15) is 5.56 Å². The molecule has 0 spiro atoms. The maximum Gasteiger partial charge on any atom is 0.261 e. The van der Waals surface area contributed by atoms with Crippen molar-refractivity contribution >= 4 is 39.3 Å². The van der Waals surface area contributed by atoms with Crippen LogP contribution in [0.2, 0.25) is 5.02 Å². The number of methoxy groups -OCH3 is 1. The SMILES string of the molecule is CNC(=O)/C=C/c1ccc(S(=O)(=O)Nc2ccc(OC)c(Cl)c2)cc1. The maximum absolute atomic E-state index is 12.4. The number of sulfonamides is 1. The highest BCUT2D eigenvalue weighted by molar-refractivity contribution is 7.92. The molecule has 132 valence electrons. The van der Waals surface area contributed by atoms with E-state index in [1.54, 1.807) is 30.3 Å². The van der Waals surface area contributed by atoms with Crippen LogP contribution in [-0.4, -0.2) is 28.5 Å². The van der Waals surface area contributed by atoms with Crippen molar-refractivity contribution in [3.8, 4) is 5.75 Å². The number of hydrogen-bond donors (Lipinski definition) is 2. The van der Waals surface area contributed by atoms with Gasteiger partial charge in [0, 0.05) is 13.1 Å². The molecule has 0 aliphatic carbocycles. The lowest BCUT2D eigenvalue weighted by atomic mass is 10.2. The first-order chi connectivity index (χ1) is 11.9. The molecule has 0 saturated carbocycles. The number of nitrogens with one attached hydrogen (secondary N) is 2. The molecule has 2 aromatic rings. The third-order valence-electron chi connectivity index (χ3n) is 3.27. The smallest absolute Gasteiger partial charge is 0.261 e. The summed E-state index contributed by atoms with van der Waals surface area (Å²) in [7, 11) is -0.751. The van der Waals surface area contributed by atoms with Crippen molar-refractivity contribution in [3.05, 3.63) is 59.1 Å². The second-order valence-corrected chi connectivity index (χ2v) is 7.06. The van der Waals surface area contributed by atoms with Crippen LogP contribution < -0.4 is 14.8 Å². The van der Waals surface area contributed by atoms with E-state index in [1.165, 1.54) is 38.4 Å². The van der Waals surface area contributed by atoms with E-state index in [9.17, 15) is 13.2 Å². The number of amides is 1. The molecule has 2 N–H and O–H groups in total. The van der Waals surface area contributed by atoms with Gasteiger partial charge in [-0.1, -0.05) is 23.7 Å². The van der Waals surface area contributed by atoms with Crippen LogP contribution in [0, 0.1) is 0 Å². The zero-order valence-corrected chi connectivity index (χ0v) is 15.2. The van der Waals surface area contributed by atoms with Gasteiger partial charge in [0.1, 0.15) is 5.75 Å². The van der Waals surface area contributed by atoms with E-state index in [4.69, 9.17) is 16.3 Å². The van der Waals surface area contributed by atoms with E-state index in [0.29, 0.717) is 22.0 Å². The van der Waals surface area contributed by atoms with Gasteiger partial charge in [-0.05, 0) is 42.0 Å². The number of rotatable bonds is 6. The summed E-state index contributed by atoms with van der Waals surface area (Å²) in [6, 6.07) is 10.7. The normalized spacial score (nSPS) is 11.3. The molecule has 0 atom stereocenters. The summed E-state index contributed by atoms with van der Waals surface area (Å²) in [4.78, 5) is 11.3. The molecule has 8 heteroatoms. The number of benzene rings is 2. The van der Waals surface area contributed by atoms with E-state index in [1.807, 2.05) is 0 Å². The predicted molar refractivity (Wildman–Crippen MR) is 98.4 cm³/mol. The van der Waals surface area contributed by atoms with Crippen LogP contribution in [-0.2, 0) is 14.8 Å². The summed E-state index contributed by atoms with van der Waals surface area (Å²) >= 11 is 6.00. The number of hydrogen-bond acceptors (Lipinski definition) is 4. The molecule has 0 heterocycles. The summed E-state index contributed by atoms with van der Waals surface area (Å²) in [5.41, 5.74) is 1.03. The van der Waals surface area contributed by atoms with Crippen LogP contribution in [0.5, 0.6) is 5.75 Å². The molecule has 1 amide bonds. The minimum absolute atomic E-state index is 0.0940. The van der Waals surface area contributed by atoms with Crippen molar-refractivity contribution in [3.63, 3.8) is 0 Å². The number of carbonyl (C=O) groups excluding carboxylic acids is 1. The van der Waals surface area contributed by atoms with Crippen LogP contribution in [0.15, 0.2) is 53.4 Å². The number of ether oxygens (including phenoxy) is 1. The number of carbonyl (C=O) groups is 1. The van der Waals surface area contributed by atoms with Crippen molar-refractivity contribution in [2.75, 3.05) is 18.9 Å². The van der Waals surface area contributed by atoms with Gasteiger partial charge in [0.15, 0.2) is 0 Å². The first kappa shape index (κ1) is 18.8. The molecular weight excluding hydrogens is 364 g/mol. The van der Waals surface area contributed by atoms with Crippen molar-refractivity contribution in [1.29, 1.82) is 0 Å². The third kappa shape index (κ3) is 4.98. The highest BCUT2D eigenvalue weighted by atomic mass is 35.5. The molecule has 0 aromatic heterocycles. The van der Waals surface area contributed by atoms with Gasteiger partial charge < -0.3 is 10.1 Å². The second kappa shape index (κ2) is 8.04. The average molecular weight is 381 g/mol. The van der Waals surface area contributed by atoms with E-state index >= 15 is 0 Å². The Balaban J connectivity index is 2.18. The molecule has 2 aromatic carbocycles. The first-order valence-electron chi connectivity index (χ1n) is 7.22. The number of likely N-dealkylation sites (N-methyl/N-ethyl adjacent to an activating group) is 1. The van der Waals surface area contributed by atoms with Crippen molar-refractivity contribution in [2.24, 2.45) is 0 Å². The zero-order chi connectivity index (χ0) is 18.4. The van der Waals surface area contributed by atoms with E-state index < -0.39 is 10.0 Å². The third-order valence-corrected chi connectivity index (χ3v) is 4.96. The second-order valence-electron chi connectivity index (χ2n) is 4.97. The monoisotopic (exact) mass is 380 g/mol. The van der Waals surface area contributed by atoms with Gasteiger partial charge >= 0.3 is 0 Å². The van der Waals surface area contributed by atoms with E-state index in [2.05, 4.69) is 10.0 Å². The van der Waals surface area contributed by atoms with Crippen LogP contribution >= 0.6 is 11.6 Å². The Bertz CT molecular complexity index is 893. The fourth-order valence-electron chi connectivity index (χ4n) is 1.96. The highest BCUT2D eigenvalue weighted by Gasteiger charge is 2.14. The van der Waals surface area contributed by atoms with Crippen molar-refractivity contribution < 1.29 is 17.9 Å². The molecule has 0 saturated heterocycles. The fourth-order valence-corrected chi connectivity index (χ4v) is 3.26. The van der Waals surface area contributed by atoms with Gasteiger partial charge in [-0.3, -0.25) is 9.52 Å². The summed E-state index contributed by atoms with van der Waals surface area (Å²) in [6.07, 6.45) is 2.95. The number of halogens is 1. The Labute approximate surface area is 151 Å². The van der Waals surface area contributed by atoms with Crippen molar-refractivity contribution in [2.45, 2.75) is 4.90 Å². The Morgan fingerprint density at radius 3 is 2.40 bits per heavy atom. The van der Waals surface area contributed by atoms with Gasteiger partial charge in [0.2, 0.25) is 5.91 Å². The quantitative estimate of drug-likeness (QED) is 0.754. The average Bonchev–Trinajstić information content (AvgIpc) is 2.60. The topological polar surface area (TPSA) is 84.5 Å². The maximum atomic E-state index is 12.4. The van der Waals surface area contributed by atoms with Crippen LogP contribution in [0.4, 0.5) is 5.69 Å². The molecular formula is C17H17ClN2O4S. The molecule has 6 nitrogen and oxygen atoms in total. The lowest BCUT2D eigenvalue weighted by Gasteiger charge is -2.10. The molecule has 0 aliphatic rings. The predicted octanol–water partition coefficient (Wildman–Crippen LogP) is 2.91. The summed E-state index contributed by atoms with van der Waals surface area (Å²) < 4.78 is 32.3. The first-order valence-corrected chi connectivity index (χ1v) is 9.08. The lowest BCUT2D eigenvalue weighted by Crippen LogP contribution is -2.14. The molecule has 0 radical (unpaired) electrons. The standard InChI is InChI=1S/C17H17ClN2O4S/c1-19-17(21)10-5-12-3-7-14(8-4-12)25(22,23)20-13-6-9-16(24-2)15(18)11-13/h3-11,20H,1-2H3,(H,19,21)/b10-5+. The minimum Gasteiger partial charge on any atom is -0.495 e. The zero-order valence-electron chi connectivity index (χ0n) is 13.6. The van der Waals surface area contributed by atoms with Gasteiger partial charge in [-0.15, -0.1) is 0 Å². The van der Waals surface area contributed by atoms with Crippen molar-refractivity contribution in [1.82, 2.24) is 5.32 Å². The van der Waals surface area contributed by atoms with Crippen LogP contribution in [0.25, 0.3) is 6.08 Å². The van der Waals surface area contributed by atoms with Gasteiger partial charge in [0.05, 0.1) is 22.7 Å². The number of anilines is 1. The van der Waals surface area contributed by atoms with Crippen LogP contribution in [0.3, 0.4) is 0 Å². The summed E-state index contributed by atoms with van der Waals surface area (Å²) in [5, 5.41) is 2.76. The minimum atomic E-state index is -3.76. The lowest BCUT2D eigenvalue weighted by molar-refractivity contribution is -0.115. The highest BCUT2D eigenvalue weighted by Crippen LogP contribution is 2.28. The Morgan fingerprint density at radius 2 is 1.84 bits per heavy atom. The largest absolute Gasteiger partial charge is 0.495 e. The summed E-state index contributed by atoms with van der Waals surface area (Å²) in [6.45, 7) is 0. The Hall–Kier alpha value is -2.51. The molecule has 0 fully saturated rings. The fraction of sp³-hybridized carbons (Fsp3) is 0.118. The molecule has 0 unspecified atom stereocenters. The Kier molecular flexibility index (Phi) is 6.06.